The second kappa shape index (κ2) is 5.78. The van der Waals surface area contributed by atoms with Crippen LogP contribution >= 0.6 is 0 Å². The minimum Gasteiger partial charge on any atom is -0.355 e. The van der Waals surface area contributed by atoms with Gasteiger partial charge in [0.15, 0.2) is 5.82 Å². The molecule has 2 heterocycles. The Labute approximate surface area is 125 Å². The molecule has 2 aromatic rings. The number of anilines is 3. The maximum absolute atomic E-state index is 12.5. The van der Waals surface area contributed by atoms with Crippen molar-refractivity contribution >= 4 is 17.5 Å². The summed E-state index contributed by atoms with van der Waals surface area (Å²) in [4.78, 5) is 6.44. The SMILES string of the molecule is FC(F)(F)c1ccc(Nc2nncc(N3CCCC3)n2)cc1. The van der Waals surface area contributed by atoms with Crippen LogP contribution in [-0.4, -0.2) is 28.3 Å². The van der Waals surface area contributed by atoms with Crippen LogP contribution in [0.1, 0.15) is 18.4 Å². The molecule has 8 heteroatoms. The van der Waals surface area contributed by atoms with Crippen LogP contribution in [-0.2, 0) is 6.18 Å². The van der Waals surface area contributed by atoms with Crippen molar-refractivity contribution in [3.8, 4) is 0 Å². The van der Waals surface area contributed by atoms with Gasteiger partial charge < -0.3 is 10.2 Å². The molecule has 3 rings (SSSR count). The maximum atomic E-state index is 12.5. The first kappa shape index (κ1) is 14.6. The Kier molecular flexibility index (Phi) is 3.82. The van der Waals surface area contributed by atoms with Crippen LogP contribution in [0.2, 0.25) is 0 Å². The van der Waals surface area contributed by atoms with Crippen LogP contribution < -0.4 is 10.2 Å². The zero-order valence-corrected chi connectivity index (χ0v) is 11.6. The number of hydrogen-bond donors (Lipinski definition) is 1. The summed E-state index contributed by atoms with van der Waals surface area (Å²) in [5, 5.41) is 10.6. The lowest BCUT2D eigenvalue weighted by atomic mass is 10.2. The van der Waals surface area contributed by atoms with E-state index >= 15 is 0 Å². The zero-order valence-electron chi connectivity index (χ0n) is 11.6. The van der Waals surface area contributed by atoms with Crippen molar-refractivity contribution in [1.29, 1.82) is 0 Å². The van der Waals surface area contributed by atoms with E-state index in [1.807, 2.05) is 0 Å². The van der Waals surface area contributed by atoms with Crippen molar-refractivity contribution in [1.82, 2.24) is 15.2 Å². The van der Waals surface area contributed by atoms with Crippen molar-refractivity contribution in [3.05, 3.63) is 36.0 Å². The van der Waals surface area contributed by atoms with E-state index in [1.54, 1.807) is 6.20 Å². The Balaban J connectivity index is 1.74. The van der Waals surface area contributed by atoms with Gasteiger partial charge in [-0.15, -0.1) is 5.10 Å². The first-order valence-electron chi connectivity index (χ1n) is 6.91. The minimum atomic E-state index is -4.34. The summed E-state index contributed by atoms with van der Waals surface area (Å²) in [6.07, 6.45) is -0.521. The molecular formula is C14H14F3N5. The molecule has 0 saturated carbocycles. The average molecular weight is 309 g/mol. The lowest BCUT2D eigenvalue weighted by Crippen LogP contribution is -2.19. The molecule has 1 aliphatic rings. The summed E-state index contributed by atoms with van der Waals surface area (Å²) in [5.41, 5.74) is -0.212. The van der Waals surface area contributed by atoms with E-state index in [1.165, 1.54) is 12.1 Å². The quantitative estimate of drug-likeness (QED) is 0.943. The van der Waals surface area contributed by atoms with Crippen LogP contribution in [0.5, 0.6) is 0 Å². The largest absolute Gasteiger partial charge is 0.416 e. The van der Waals surface area contributed by atoms with E-state index in [0.717, 1.165) is 43.9 Å². The molecule has 0 amide bonds. The molecule has 0 bridgehead atoms. The summed E-state index contributed by atoms with van der Waals surface area (Å²) < 4.78 is 37.5. The first-order valence-corrected chi connectivity index (χ1v) is 6.91. The summed E-state index contributed by atoms with van der Waals surface area (Å²) >= 11 is 0. The van der Waals surface area contributed by atoms with Gasteiger partial charge in [0.25, 0.3) is 0 Å². The second-order valence-corrected chi connectivity index (χ2v) is 5.03. The highest BCUT2D eigenvalue weighted by molar-refractivity contribution is 5.55. The Hall–Kier alpha value is -2.38. The monoisotopic (exact) mass is 309 g/mol. The van der Waals surface area contributed by atoms with Crippen molar-refractivity contribution < 1.29 is 13.2 Å². The van der Waals surface area contributed by atoms with Crippen molar-refractivity contribution in [2.75, 3.05) is 23.3 Å². The van der Waals surface area contributed by atoms with E-state index in [2.05, 4.69) is 25.4 Å². The highest BCUT2D eigenvalue weighted by Crippen LogP contribution is 2.30. The summed E-state index contributed by atoms with van der Waals surface area (Å²) in [7, 11) is 0. The molecule has 116 valence electrons. The Morgan fingerprint density at radius 2 is 1.73 bits per heavy atom. The molecule has 0 atom stereocenters. The van der Waals surface area contributed by atoms with Crippen LogP contribution in [0.4, 0.5) is 30.6 Å². The molecule has 0 aliphatic carbocycles. The molecule has 22 heavy (non-hydrogen) atoms. The highest BCUT2D eigenvalue weighted by atomic mass is 19.4. The summed E-state index contributed by atoms with van der Waals surface area (Å²) in [6.45, 7) is 1.86. The van der Waals surface area contributed by atoms with Crippen LogP contribution in [0.3, 0.4) is 0 Å². The predicted octanol–water partition coefficient (Wildman–Crippen LogP) is 3.23. The van der Waals surface area contributed by atoms with Gasteiger partial charge in [0.2, 0.25) is 5.95 Å². The fourth-order valence-electron chi connectivity index (χ4n) is 2.32. The average Bonchev–Trinajstić information content (AvgIpc) is 3.01. The number of nitrogens with zero attached hydrogens (tertiary/aromatic N) is 4. The van der Waals surface area contributed by atoms with Gasteiger partial charge in [0.1, 0.15) is 0 Å². The van der Waals surface area contributed by atoms with Gasteiger partial charge in [-0.2, -0.15) is 23.3 Å². The second-order valence-electron chi connectivity index (χ2n) is 5.03. The zero-order chi connectivity index (χ0) is 15.6. The predicted molar refractivity (Wildman–Crippen MR) is 76.0 cm³/mol. The number of aromatic nitrogens is 3. The number of alkyl halides is 3. The number of benzene rings is 1. The third-order valence-electron chi connectivity index (χ3n) is 3.44. The summed E-state index contributed by atoms with van der Waals surface area (Å²) in [5.74, 6) is 0.992. The van der Waals surface area contributed by atoms with E-state index in [4.69, 9.17) is 0 Å². The van der Waals surface area contributed by atoms with E-state index < -0.39 is 11.7 Å². The summed E-state index contributed by atoms with van der Waals surface area (Å²) in [6, 6.07) is 4.71. The minimum absolute atomic E-state index is 0.268. The fourth-order valence-corrected chi connectivity index (χ4v) is 2.32. The van der Waals surface area contributed by atoms with Gasteiger partial charge in [0, 0.05) is 18.8 Å². The lowest BCUT2D eigenvalue weighted by Gasteiger charge is -2.16. The first-order chi connectivity index (χ1) is 10.5. The van der Waals surface area contributed by atoms with Gasteiger partial charge in [-0.3, -0.25) is 0 Å². The van der Waals surface area contributed by atoms with E-state index in [-0.39, 0.29) is 5.95 Å². The van der Waals surface area contributed by atoms with Gasteiger partial charge in [-0.25, -0.2) is 0 Å². The number of hydrogen-bond acceptors (Lipinski definition) is 5. The molecule has 1 aromatic heterocycles. The van der Waals surface area contributed by atoms with Crippen LogP contribution in [0, 0.1) is 0 Å². The van der Waals surface area contributed by atoms with Crippen molar-refractivity contribution in [2.45, 2.75) is 19.0 Å². The fraction of sp³-hybridized carbons (Fsp3) is 0.357. The maximum Gasteiger partial charge on any atom is 0.416 e. The van der Waals surface area contributed by atoms with Crippen molar-refractivity contribution in [3.63, 3.8) is 0 Å². The topological polar surface area (TPSA) is 53.9 Å². The molecule has 1 aromatic carbocycles. The Morgan fingerprint density at radius 3 is 2.36 bits per heavy atom. The smallest absolute Gasteiger partial charge is 0.355 e. The molecule has 0 radical (unpaired) electrons. The molecule has 0 unspecified atom stereocenters. The Bertz CT molecular complexity index is 636. The standard InChI is InChI=1S/C14H14F3N5/c15-14(16,17)10-3-5-11(6-4-10)19-13-20-12(9-18-21-13)22-7-1-2-8-22/h3-6,9H,1-2,7-8H2,(H,19,20,21). The van der Waals surface area contributed by atoms with Gasteiger partial charge in [0.05, 0.1) is 11.8 Å². The molecule has 0 spiro atoms. The third kappa shape index (κ3) is 3.26. The molecule has 5 nitrogen and oxygen atoms in total. The molecule has 1 N–H and O–H groups in total. The lowest BCUT2D eigenvalue weighted by molar-refractivity contribution is -0.137. The number of rotatable bonds is 3. The Morgan fingerprint density at radius 1 is 1.05 bits per heavy atom. The number of nitrogens with one attached hydrogen (secondary N) is 1. The molecule has 1 saturated heterocycles. The van der Waals surface area contributed by atoms with Gasteiger partial charge in [-0.05, 0) is 37.1 Å². The normalized spacial score (nSPS) is 15.1. The molecule has 1 fully saturated rings. The van der Waals surface area contributed by atoms with Crippen LogP contribution in [0.25, 0.3) is 0 Å². The van der Waals surface area contributed by atoms with Gasteiger partial charge >= 0.3 is 6.18 Å². The highest BCUT2D eigenvalue weighted by Gasteiger charge is 2.29. The van der Waals surface area contributed by atoms with Gasteiger partial charge in [-0.1, -0.05) is 0 Å². The van der Waals surface area contributed by atoms with E-state index in [0.29, 0.717) is 5.69 Å². The molecular weight excluding hydrogens is 295 g/mol. The molecule has 1 aliphatic heterocycles. The van der Waals surface area contributed by atoms with Crippen LogP contribution in [0.15, 0.2) is 30.5 Å². The van der Waals surface area contributed by atoms with Crippen molar-refractivity contribution in [2.24, 2.45) is 0 Å². The number of halogens is 3. The third-order valence-corrected chi connectivity index (χ3v) is 3.44. The van der Waals surface area contributed by atoms with E-state index in [9.17, 15) is 13.2 Å².